The van der Waals surface area contributed by atoms with Crippen molar-refractivity contribution in [1.29, 1.82) is 0 Å². The zero-order valence-electron chi connectivity index (χ0n) is 17.6. The van der Waals surface area contributed by atoms with Gasteiger partial charge in [0.25, 0.3) is 0 Å². The number of carbonyl (C=O) groups excluding carboxylic acids is 1. The van der Waals surface area contributed by atoms with Crippen LogP contribution in [0.2, 0.25) is 0 Å². The molecule has 0 bridgehead atoms. The van der Waals surface area contributed by atoms with Gasteiger partial charge in [-0.1, -0.05) is 31.9 Å². The highest BCUT2D eigenvalue weighted by Gasteiger charge is 2.24. The van der Waals surface area contributed by atoms with Gasteiger partial charge >= 0.3 is 5.97 Å². The van der Waals surface area contributed by atoms with Gasteiger partial charge in [-0.05, 0) is 63.1 Å². The molecule has 2 aromatic rings. The summed E-state index contributed by atoms with van der Waals surface area (Å²) in [5, 5.41) is 0. The second kappa shape index (κ2) is 11.1. The van der Waals surface area contributed by atoms with Crippen LogP contribution in [0, 0.1) is 0 Å². The number of carbonyl (C=O) groups is 1. The van der Waals surface area contributed by atoms with Gasteiger partial charge in [0.2, 0.25) is 0 Å². The van der Waals surface area contributed by atoms with Crippen LogP contribution in [-0.4, -0.2) is 34.8 Å². The molecule has 5 heteroatoms. The molecule has 0 saturated heterocycles. The Morgan fingerprint density at radius 1 is 0.966 bits per heavy atom. The third-order valence-corrected chi connectivity index (χ3v) is 5.45. The highest BCUT2D eigenvalue weighted by atomic mass is 16.5. The van der Waals surface area contributed by atoms with Crippen molar-refractivity contribution in [1.82, 2.24) is 9.97 Å². The second-order valence-electron chi connectivity index (χ2n) is 7.71. The minimum Gasteiger partial charge on any atom is -0.459 e. The molecule has 1 aromatic heterocycles. The highest BCUT2D eigenvalue weighted by Crippen LogP contribution is 2.24. The lowest BCUT2D eigenvalue weighted by Crippen LogP contribution is -2.28. The average Bonchev–Trinajstić information content (AvgIpc) is 2.76. The summed E-state index contributed by atoms with van der Waals surface area (Å²) < 4.78 is 11.3. The number of hydrogen-bond donors (Lipinski definition) is 0. The van der Waals surface area contributed by atoms with E-state index in [1.54, 1.807) is 12.1 Å². The normalized spacial score (nSPS) is 19.1. The number of benzene rings is 1. The Bertz CT molecular complexity index is 751. The van der Waals surface area contributed by atoms with Crippen LogP contribution in [0.15, 0.2) is 36.7 Å². The molecule has 0 atom stereocenters. The van der Waals surface area contributed by atoms with Crippen molar-refractivity contribution in [2.75, 3.05) is 6.61 Å². The number of nitrogens with zero attached hydrogens (tertiary/aromatic N) is 2. The van der Waals surface area contributed by atoms with Gasteiger partial charge < -0.3 is 9.47 Å². The van der Waals surface area contributed by atoms with E-state index in [-0.39, 0.29) is 12.1 Å². The van der Waals surface area contributed by atoms with Crippen molar-refractivity contribution in [3.8, 4) is 11.4 Å². The van der Waals surface area contributed by atoms with Crippen LogP contribution >= 0.6 is 0 Å². The Hall–Kier alpha value is -2.27. The fraction of sp³-hybridized carbons (Fsp3) is 0.542. The quantitative estimate of drug-likeness (QED) is 0.421. The molecule has 0 N–H and O–H groups in total. The van der Waals surface area contributed by atoms with Crippen LogP contribution in [0.5, 0.6) is 0 Å². The van der Waals surface area contributed by atoms with Gasteiger partial charge in [-0.25, -0.2) is 14.8 Å². The van der Waals surface area contributed by atoms with Crippen molar-refractivity contribution in [2.24, 2.45) is 0 Å². The molecule has 0 radical (unpaired) electrons. The molecule has 156 valence electrons. The van der Waals surface area contributed by atoms with Crippen LogP contribution in [-0.2, 0) is 15.9 Å². The first-order valence-corrected chi connectivity index (χ1v) is 10.9. The van der Waals surface area contributed by atoms with E-state index in [9.17, 15) is 4.79 Å². The summed E-state index contributed by atoms with van der Waals surface area (Å²) >= 11 is 0. The zero-order valence-corrected chi connectivity index (χ0v) is 17.6. The summed E-state index contributed by atoms with van der Waals surface area (Å²) in [6.07, 6.45) is 12.4. The van der Waals surface area contributed by atoms with Crippen LogP contribution in [0.4, 0.5) is 0 Å². The first kappa shape index (κ1) is 21.4. The SMILES string of the molecule is CCCCCc1cnc(-c2ccc(C(=O)OC3CCC(OCC)CC3)cc2)nc1. The summed E-state index contributed by atoms with van der Waals surface area (Å²) in [7, 11) is 0. The van der Waals surface area contributed by atoms with E-state index in [4.69, 9.17) is 9.47 Å². The lowest BCUT2D eigenvalue weighted by atomic mass is 9.95. The van der Waals surface area contributed by atoms with Crippen molar-refractivity contribution >= 4 is 5.97 Å². The zero-order chi connectivity index (χ0) is 20.5. The van der Waals surface area contributed by atoms with Crippen LogP contribution in [0.1, 0.15) is 74.7 Å². The van der Waals surface area contributed by atoms with E-state index in [1.807, 2.05) is 31.5 Å². The van der Waals surface area contributed by atoms with Crippen molar-refractivity contribution in [3.05, 3.63) is 47.8 Å². The Morgan fingerprint density at radius 2 is 1.62 bits per heavy atom. The van der Waals surface area contributed by atoms with Gasteiger partial charge in [-0.3, -0.25) is 0 Å². The van der Waals surface area contributed by atoms with E-state index in [0.717, 1.165) is 44.3 Å². The van der Waals surface area contributed by atoms with Crippen molar-refractivity contribution in [2.45, 2.75) is 77.4 Å². The highest BCUT2D eigenvalue weighted by molar-refractivity contribution is 5.90. The number of hydrogen-bond acceptors (Lipinski definition) is 5. The molecule has 1 aromatic carbocycles. The molecule has 29 heavy (non-hydrogen) atoms. The molecule has 0 amide bonds. The Kier molecular flexibility index (Phi) is 8.17. The third kappa shape index (κ3) is 6.36. The molecule has 1 aliphatic rings. The number of unbranched alkanes of at least 4 members (excludes halogenated alkanes) is 2. The Labute approximate surface area is 173 Å². The molecule has 1 heterocycles. The Balaban J connectivity index is 1.52. The largest absolute Gasteiger partial charge is 0.459 e. The van der Waals surface area contributed by atoms with Crippen LogP contribution < -0.4 is 0 Å². The fourth-order valence-electron chi connectivity index (χ4n) is 3.74. The molecule has 1 aliphatic carbocycles. The standard InChI is InChI=1S/C24H32N2O3/c1-3-5-6-7-18-16-25-23(26-17-18)19-8-10-20(11-9-19)24(27)29-22-14-12-21(13-15-22)28-4-2/h8-11,16-17,21-22H,3-7,12-15H2,1-2H3. The molecule has 5 nitrogen and oxygen atoms in total. The lowest BCUT2D eigenvalue weighted by molar-refractivity contribution is -0.0163. The van der Waals surface area contributed by atoms with Gasteiger partial charge in [-0.2, -0.15) is 0 Å². The van der Waals surface area contributed by atoms with Crippen molar-refractivity contribution in [3.63, 3.8) is 0 Å². The second-order valence-corrected chi connectivity index (χ2v) is 7.71. The number of aryl methyl sites for hydroxylation is 1. The summed E-state index contributed by atoms with van der Waals surface area (Å²) in [5.41, 5.74) is 2.64. The summed E-state index contributed by atoms with van der Waals surface area (Å²) in [6, 6.07) is 7.35. The summed E-state index contributed by atoms with van der Waals surface area (Å²) in [4.78, 5) is 21.4. The minimum atomic E-state index is -0.261. The molecule has 1 saturated carbocycles. The van der Waals surface area contributed by atoms with Gasteiger partial charge in [0, 0.05) is 24.6 Å². The fourth-order valence-corrected chi connectivity index (χ4v) is 3.74. The van der Waals surface area contributed by atoms with Gasteiger partial charge in [0.1, 0.15) is 6.10 Å². The minimum absolute atomic E-state index is 0.0116. The van der Waals surface area contributed by atoms with E-state index in [1.165, 1.54) is 24.8 Å². The predicted molar refractivity (Wildman–Crippen MR) is 114 cm³/mol. The maximum atomic E-state index is 12.5. The summed E-state index contributed by atoms with van der Waals surface area (Å²) in [5.74, 6) is 0.419. The van der Waals surface area contributed by atoms with E-state index in [2.05, 4.69) is 16.9 Å². The molecule has 3 rings (SSSR count). The molecular weight excluding hydrogens is 364 g/mol. The molecule has 1 fully saturated rings. The topological polar surface area (TPSA) is 61.3 Å². The summed E-state index contributed by atoms with van der Waals surface area (Å²) in [6.45, 7) is 4.96. The number of ether oxygens (including phenoxy) is 2. The molecule has 0 aliphatic heterocycles. The van der Waals surface area contributed by atoms with Crippen LogP contribution in [0.3, 0.4) is 0 Å². The third-order valence-electron chi connectivity index (χ3n) is 5.45. The van der Waals surface area contributed by atoms with Crippen LogP contribution in [0.25, 0.3) is 11.4 Å². The average molecular weight is 397 g/mol. The molecular formula is C24H32N2O3. The number of esters is 1. The molecule has 0 spiro atoms. The predicted octanol–water partition coefficient (Wildman–Crippen LogP) is 5.38. The van der Waals surface area contributed by atoms with Gasteiger partial charge in [-0.15, -0.1) is 0 Å². The smallest absolute Gasteiger partial charge is 0.338 e. The first-order chi connectivity index (χ1) is 14.2. The Morgan fingerprint density at radius 3 is 2.24 bits per heavy atom. The van der Waals surface area contributed by atoms with Gasteiger partial charge in [0.05, 0.1) is 11.7 Å². The maximum absolute atomic E-state index is 12.5. The van der Waals surface area contributed by atoms with E-state index < -0.39 is 0 Å². The first-order valence-electron chi connectivity index (χ1n) is 10.9. The monoisotopic (exact) mass is 396 g/mol. The lowest BCUT2D eigenvalue weighted by Gasteiger charge is -2.28. The number of aromatic nitrogens is 2. The molecule has 0 unspecified atom stereocenters. The van der Waals surface area contributed by atoms with E-state index in [0.29, 0.717) is 17.5 Å². The van der Waals surface area contributed by atoms with Crippen molar-refractivity contribution < 1.29 is 14.3 Å². The van der Waals surface area contributed by atoms with Gasteiger partial charge in [0.15, 0.2) is 5.82 Å². The van der Waals surface area contributed by atoms with E-state index >= 15 is 0 Å². The number of rotatable bonds is 9. The maximum Gasteiger partial charge on any atom is 0.338 e.